The van der Waals surface area contributed by atoms with E-state index in [0.717, 1.165) is 0 Å². The molecular formula is C13H19N3O2S. The molecule has 0 heterocycles. The van der Waals surface area contributed by atoms with Gasteiger partial charge in [0.25, 0.3) is 0 Å². The number of carbonyl (C=O) groups is 1. The first-order valence-corrected chi connectivity index (χ1v) is 6.36. The lowest BCUT2D eigenvalue weighted by atomic mass is 9.99. The maximum absolute atomic E-state index is 12.0. The Morgan fingerprint density at radius 2 is 2.11 bits per heavy atom. The first kappa shape index (κ1) is 15.2. The van der Waals surface area contributed by atoms with E-state index in [2.05, 4.69) is 10.6 Å². The Balaban J connectivity index is 2.78. The number of nitrogens with two attached hydrogens (primary N) is 1. The SMILES string of the molecule is CCC(C)(NC(=O)Nc1ccccc1OC)C(N)=S. The van der Waals surface area contributed by atoms with Crippen LogP contribution in [0.3, 0.4) is 0 Å². The Hall–Kier alpha value is -1.82. The molecule has 1 aromatic carbocycles. The van der Waals surface area contributed by atoms with Crippen LogP contribution in [0.5, 0.6) is 5.75 Å². The van der Waals surface area contributed by atoms with Crippen LogP contribution >= 0.6 is 12.2 Å². The van der Waals surface area contributed by atoms with Crippen LogP contribution < -0.4 is 21.1 Å². The third-order valence-corrected chi connectivity index (χ3v) is 3.45. The fourth-order valence-electron chi connectivity index (χ4n) is 1.48. The molecule has 6 heteroatoms. The third-order valence-electron chi connectivity index (χ3n) is 3.00. The zero-order valence-corrected chi connectivity index (χ0v) is 12.1. The number of ether oxygens (including phenoxy) is 1. The molecule has 4 N–H and O–H groups in total. The monoisotopic (exact) mass is 281 g/mol. The second kappa shape index (κ2) is 6.38. The molecule has 0 saturated heterocycles. The summed E-state index contributed by atoms with van der Waals surface area (Å²) in [6, 6.07) is 6.78. The minimum absolute atomic E-state index is 0.255. The quantitative estimate of drug-likeness (QED) is 0.724. The number of hydrogen-bond donors (Lipinski definition) is 3. The zero-order chi connectivity index (χ0) is 14.5. The summed E-state index contributed by atoms with van der Waals surface area (Å²) in [6.45, 7) is 3.69. The first-order chi connectivity index (χ1) is 8.92. The van der Waals surface area contributed by atoms with Gasteiger partial charge in [-0.1, -0.05) is 31.3 Å². The van der Waals surface area contributed by atoms with Gasteiger partial charge in [-0.25, -0.2) is 4.79 Å². The van der Waals surface area contributed by atoms with Gasteiger partial charge in [-0.2, -0.15) is 0 Å². The molecule has 0 radical (unpaired) electrons. The van der Waals surface area contributed by atoms with E-state index in [1.165, 1.54) is 0 Å². The maximum atomic E-state index is 12.0. The summed E-state index contributed by atoms with van der Waals surface area (Å²) in [7, 11) is 1.55. The largest absolute Gasteiger partial charge is 0.495 e. The van der Waals surface area contributed by atoms with Gasteiger partial charge in [0.2, 0.25) is 0 Å². The highest BCUT2D eigenvalue weighted by molar-refractivity contribution is 7.80. The number of thiocarbonyl (C=S) groups is 1. The summed E-state index contributed by atoms with van der Waals surface area (Å²) < 4.78 is 5.16. The predicted octanol–water partition coefficient (Wildman–Crippen LogP) is 2.27. The summed E-state index contributed by atoms with van der Waals surface area (Å²) in [6.07, 6.45) is 0.613. The van der Waals surface area contributed by atoms with Crippen molar-refractivity contribution >= 4 is 28.9 Å². The van der Waals surface area contributed by atoms with Gasteiger partial charge >= 0.3 is 6.03 Å². The Bertz CT molecular complexity index is 479. The number of para-hydroxylation sites is 2. The Morgan fingerprint density at radius 1 is 1.47 bits per heavy atom. The molecule has 0 fully saturated rings. The van der Waals surface area contributed by atoms with Gasteiger partial charge in [-0.3, -0.25) is 0 Å². The van der Waals surface area contributed by atoms with E-state index in [1.54, 1.807) is 26.2 Å². The maximum Gasteiger partial charge on any atom is 0.320 e. The molecule has 0 aliphatic carbocycles. The van der Waals surface area contributed by atoms with Crippen molar-refractivity contribution in [3.05, 3.63) is 24.3 Å². The number of benzene rings is 1. The molecule has 104 valence electrons. The van der Waals surface area contributed by atoms with Gasteiger partial charge in [0.1, 0.15) is 5.75 Å². The van der Waals surface area contributed by atoms with E-state index in [-0.39, 0.29) is 11.0 Å². The lowest BCUT2D eigenvalue weighted by molar-refractivity contribution is 0.245. The molecule has 1 atom stereocenters. The number of hydrogen-bond acceptors (Lipinski definition) is 3. The van der Waals surface area contributed by atoms with E-state index in [1.807, 2.05) is 19.1 Å². The lowest BCUT2D eigenvalue weighted by Crippen LogP contribution is -2.55. The third kappa shape index (κ3) is 3.82. The van der Waals surface area contributed by atoms with Crippen molar-refractivity contribution in [3.63, 3.8) is 0 Å². The van der Waals surface area contributed by atoms with Crippen LogP contribution in [0, 0.1) is 0 Å². The van der Waals surface area contributed by atoms with E-state index in [0.29, 0.717) is 17.9 Å². The number of nitrogens with one attached hydrogen (secondary N) is 2. The fourth-order valence-corrected chi connectivity index (χ4v) is 1.67. The van der Waals surface area contributed by atoms with Gasteiger partial charge < -0.3 is 21.1 Å². The number of rotatable bonds is 5. The molecule has 1 rings (SSSR count). The highest BCUT2D eigenvalue weighted by Gasteiger charge is 2.27. The predicted molar refractivity (Wildman–Crippen MR) is 80.6 cm³/mol. The molecule has 1 unspecified atom stereocenters. The van der Waals surface area contributed by atoms with Crippen molar-refractivity contribution in [2.75, 3.05) is 12.4 Å². The smallest absolute Gasteiger partial charge is 0.320 e. The highest BCUT2D eigenvalue weighted by Crippen LogP contribution is 2.23. The van der Waals surface area contributed by atoms with Crippen molar-refractivity contribution in [3.8, 4) is 5.75 Å². The van der Waals surface area contributed by atoms with Crippen molar-refractivity contribution in [1.82, 2.24) is 5.32 Å². The first-order valence-electron chi connectivity index (χ1n) is 5.95. The number of carbonyl (C=O) groups excluding carboxylic acids is 1. The summed E-state index contributed by atoms with van der Waals surface area (Å²) >= 11 is 4.97. The van der Waals surface area contributed by atoms with E-state index in [9.17, 15) is 4.79 Å². The summed E-state index contributed by atoms with van der Waals surface area (Å²) in [5, 5.41) is 5.49. The summed E-state index contributed by atoms with van der Waals surface area (Å²) in [5.41, 5.74) is 5.52. The van der Waals surface area contributed by atoms with E-state index in [4.69, 9.17) is 22.7 Å². The van der Waals surface area contributed by atoms with Crippen LogP contribution in [0.4, 0.5) is 10.5 Å². The second-order valence-corrected chi connectivity index (χ2v) is 4.77. The van der Waals surface area contributed by atoms with Crippen LogP contribution in [-0.4, -0.2) is 23.7 Å². The van der Waals surface area contributed by atoms with Crippen LogP contribution in [0.15, 0.2) is 24.3 Å². The normalized spacial score (nSPS) is 13.2. The Kier molecular flexibility index (Phi) is 5.11. The van der Waals surface area contributed by atoms with Crippen LogP contribution in [-0.2, 0) is 0 Å². The Labute approximate surface area is 118 Å². The van der Waals surface area contributed by atoms with E-state index < -0.39 is 5.54 Å². The molecule has 0 aliphatic heterocycles. The highest BCUT2D eigenvalue weighted by atomic mass is 32.1. The van der Waals surface area contributed by atoms with Gasteiger partial charge in [0.15, 0.2) is 0 Å². The number of anilines is 1. The fraction of sp³-hybridized carbons (Fsp3) is 0.385. The van der Waals surface area contributed by atoms with Gasteiger partial charge in [-0.15, -0.1) is 0 Å². The van der Waals surface area contributed by atoms with Crippen LogP contribution in [0.2, 0.25) is 0 Å². The average molecular weight is 281 g/mol. The van der Waals surface area contributed by atoms with Crippen LogP contribution in [0.1, 0.15) is 20.3 Å². The Morgan fingerprint density at radius 3 is 2.63 bits per heavy atom. The van der Waals surface area contributed by atoms with Gasteiger partial charge in [0.05, 0.1) is 23.3 Å². The van der Waals surface area contributed by atoms with Gasteiger partial charge in [-0.05, 0) is 25.5 Å². The molecule has 19 heavy (non-hydrogen) atoms. The molecule has 0 aliphatic rings. The number of methoxy groups -OCH3 is 1. The number of urea groups is 1. The lowest BCUT2D eigenvalue weighted by Gasteiger charge is -2.28. The second-order valence-electron chi connectivity index (χ2n) is 4.33. The van der Waals surface area contributed by atoms with Crippen molar-refractivity contribution < 1.29 is 9.53 Å². The molecule has 0 bridgehead atoms. The number of amides is 2. The molecule has 0 spiro atoms. The topological polar surface area (TPSA) is 76.4 Å². The molecule has 0 aromatic heterocycles. The molecular weight excluding hydrogens is 262 g/mol. The minimum atomic E-state index is -0.707. The van der Waals surface area contributed by atoms with Crippen LogP contribution in [0.25, 0.3) is 0 Å². The molecule has 1 aromatic rings. The van der Waals surface area contributed by atoms with Crippen molar-refractivity contribution in [1.29, 1.82) is 0 Å². The average Bonchev–Trinajstić information content (AvgIpc) is 2.38. The standard InChI is InChI=1S/C13H19N3O2S/c1-4-13(2,11(14)19)16-12(17)15-9-7-5-6-8-10(9)18-3/h5-8H,4H2,1-3H3,(H2,14,19)(H2,15,16,17). The summed E-state index contributed by atoms with van der Waals surface area (Å²) in [4.78, 5) is 12.2. The minimum Gasteiger partial charge on any atom is -0.495 e. The molecule has 2 amide bonds. The van der Waals surface area contributed by atoms with Crippen molar-refractivity contribution in [2.24, 2.45) is 5.73 Å². The zero-order valence-electron chi connectivity index (χ0n) is 11.3. The van der Waals surface area contributed by atoms with Crippen molar-refractivity contribution in [2.45, 2.75) is 25.8 Å². The molecule has 0 saturated carbocycles. The molecule has 5 nitrogen and oxygen atoms in total. The van der Waals surface area contributed by atoms with E-state index >= 15 is 0 Å². The summed E-state index contributed by atoms with van der Waals surface area (Å²) in [5.74, 6) is 0.589. The van der Waals surface area contributed by atoms with Gasteiger partial charge in [0, 0.05) is 0 Å².